The van der Waals surface area contributed by atoms with Gasteiger partial charge < -0.3 is 4.74 Å². The molecule has 0 aromatic heterocycles. The summed E-state index contributed by atoms with van der Waals surface area (Å²) in [6.45, 7) is 0.00540. The Kier molecular flexibility index (Phi) is 4.32. The molecule has 2 rings (SSSR count). The third-order valence-electron chi connectivity index (χ3n) is 2.58. The summed E-state index contributed by atoms with van der Waals surface area (Å²) >= 11 is 5.81. The van der Waals surface area contributed by atoms with Crippen LogP contribution >= 0.6 is 11.6 Å². The van der Waals surface area contributed by atoms with Crippen LogP contribution in [0.25, 0.3) is 0 Å². The first-order chi connectivity index (χ1) is 9.58. The predicted molar refractivity (Wildman–Crippen MR) is 73.7 cm³/mol. The molecule has 0 radical (unpaired) electrons. The zero-order valence-electron chi connectivity index (χ0n) is 10.3. The van der Waals surface area contributed by atoms with Crippen molar-refractivity contribution in [2.45, 2.75) is 6.61 Å². The average molecular weight is 292 g/mol. The monoisotopic (exact) mass is 291 g/mol. The number of carbonyl (C=O) groups excluding carboxylic acids is 1. The molecule has 5 nitrogen and oxygen atoms in total. The molecular formula is C14H10ClNO4. The van der Waals surface area contributed by atoms with Crippen molar-refractivity contribution in [1.29, 1.82) is 0 Å². The van der Waals surface area contributed by atoms with Gasteiger partial charge in [-0.2, -0.15) is 0 Å². The van der Waals surface area contributed by atoms with Gasteiger partial charge in [0.2, 0.25) is 0 Å². The summed E-state index contributed by atoms with van der Waals surface area (Å²) in [5, 5.41) is 11.4. The van der Waals surface area contributed by atoms with E-state index in [1.807, 2.05) is 0 Å². The Balaban J connectivity index is 2.11. The first kappa shape index (κ1) is 14.0. The fourth-order valence-corrected chi connectivity index (χ4v) is 1.87. The van der Waals surface area contributed by atoms with Crippen molar-refractivity contribution < 1.29 is 14.5 Å². The van der Waals surface area contributed by atoms with Crippen LogP contribution in [-0.2, 0) is 11.3 Å². The standard InChI is InChI=1S/C14H10ClNO4/c15-11-5-3-4-10(8-11)9-20-14(17)12-6-1-2-7-13(12)16(18)19/h1-8H,9H2. The lowest BCUT2D eigenvalue weighted by molar-refractivity contribution is -0.385. The van der Waals surface area contributed by atoms with E-state index in [0.29, 0.717) is 10.6 Å². The zero-order valence-corrected chi connectivity index (χ0v) is 11.0. The molecule has 102 valence electrons. The lowest BCUT2D eigenvalue weighted by Gasteiger charge is -2.05. The maximum Gasteiger partial charge on any atom is 0.345 e. The average Bonchev–Trinajstić information content (AvgIpc) is 2.45. The molecule has 0 unspecified atom stereocenters. The molecule has 0 fully saturated rings. The fourth-order valence-electron chi connectivity index (χ4n) is 1.66. The summed E-state index contributed by atoms with van der Waals surface area (Å²) in [6, 6.07) is 12.5. The number of hydrogen-bond donors (Lipinski definition) is 0. The van der Waals surface area contributed by atoms with Crippen molar-refractivity contribution in [2.24, 2.45) is 0 Å². The van der Waals surface area contributed by atoms with Crippen molar-refractivity contribution in [3.05, 3.63) is 74.8 Å². The smallest absolute Gasteiger partial charge is 0.345 e. The number of nitro benzene ring substituents is 1. The van der Waals surface area contributed by atoms with Gasteiger partial charge in [-0.25, -0.2) is 4.79 Å². The molecular weight excluding hydrogens is 282 g/mol. The number of benzene rings is 2. The number of hydrogen-bond acceptors (Lipinski definition) is 4. The summed E-state index contributed by atoms with van der Waals surface area (Å²) in [6.07, 6.45) is 0. The first-order valence-electron chi connectivity index (χ1n) is 5.73. The minimum absolute atomic E-state index is 0.00540. The molecule has 0 N–H and O–H groups in total. The molecule has 0 bridgehead atoms. The SMILES string of the molecule is O=C(OCc1cccc(Cl)c1)c1ccccc1[N+](=O)[O-]. The number of nitro groups is 1. The molecule has 6 heteroatoms. The quantitative estimate of drug-likeness (QED) is 0.490. The number of halogens is 1. The highest BCUT2D eigenvalue weighted by atomic mass is 35.5. The molecule has 0 saturated heterocycles. The highest BCUT2D eigenvalue weighted by molar-refractivity contribution is 6.30. The Morgan fingerprint density at radius 1 is 1.20 bits per heavy atom. The molecule has 0 atom stereocenters. The number of esters is 1. The second-order valence-corrected chi connectivity index (χ2v) is 4.42. The van der Waals surface area contributed by atoms with Gasteiger partial charge in [-0.05, 0) is 23.8 Å². The van der Waals surface area contributed by atoms with E-state index in [2.05, 4.69) is 0 Å². The summed E-state index contributed by atoms with van der Waals surface area (Å²) in [5.41, 5.74) is 0.368. The van der Waals surface area contributed by atoms with Crippen LogP contribution in [0.5, 0.6) is 0 Å². The van der Waals surface area contributed by atoms with E-state index in [-0.39, 0.29) is 17.9 Å². The maximum absolute atomic E-state index is 11.9. The van der Waals surface area contributed by atoms with Gasteiger partial charge >= 0.3 is 5.97 Å². The molecule has 2 aromatic rings. The van der Waals surface area contributed by atoms with Crippen molar-refractivity contribution in [2.75, 3.05) is 0 Å². The van der Waals surface area contributed by atoms with Crippen molar-refractivity contribution in [3.63, 3.8) is 0 Å². The van der Waals surface area contributed by atoms with Gasteiger partial charge in [-0.15, -0.1) is 0 Å². The zero-order chi connectivity index (χ0) is 14.5. The summed E-state index contributed by atoms with van der Waals surface area (Å²) < 4.78 is 5.06. The van der Waals surface area contributed by atoms with E-state index < -0.39 is 10.9 Å². The summed E-state index contributed by atoms with van der Waals surface area (Å²) in [7, 11) is 0. The van der Waals surface area contributed by atoms with Crippen molar-refractivity contribution >= 4 is 23.3 Å². The van der Waals surface area contributed by atoms with E-state index in [0.717, 1.165) is 0 Å². The van der Waals surface area contributed by atoms with E-state index >= 15 is 0 Å². The van der Waals surface area contributed by atoms with Gasteiger partial charge in [0.15, 0.2) is 0 Å². The van der Waals surface area contributed by atoms with E-state index in [4.69, 9.17) is 16.3 Å². The van der Waals surface area contributed by atoms with Crippen LogP contribution in [0.3, 0.4) is 0 Å². The van der Waals surface area contributed by atoms with E-state index in [9.17, 15) is 14.9 Å². The van der Waals surface area contributed by atoms with E-state index in [1.54, 1.807) is 30.3 Å². The molecule has 20 heavy (non-hydrogen) atoms. The molecule has 0 amide bonds. The van der Waals surface area contributed by atoms with Crippen LogP contribution in [0.4, 0.5) is 5.69 Å². The molecule has 0 aliphatic carbocycles. The lowest BCUT2D eigenvalue weighted by Crippen LogP contribution is -2.08. The highest BCUT2D eigenvalue weighted by Gasteiger charge is 2.20. The van der Waals surface area contributed by atoms with Crippen molar-refractivity contribution in [3.8, 4) is 0 Å². The second-order valence-electron chi connectivity index (χ2n) is 3.98. The molecule has 2 aromatic carbocycles. The highest BCUT2D eigenvalue weighted by Crippen LogP contribution is 2.19. The summed E-state index contributed by atoms with van der Waals surface area (Å²) in [5.74, 6) is -0.739. The van der Waals surface area contributed by atoms with Crippen LogP contribution in [0.1, 0.15) is 15.9 Å². The van der Waals surface area contributed by atoms with Gasteiger partial charge in [-0.3, -0.25) is 10.1 Å². The summed E-state index contributed by atoms with van der Waals surface area (Å²) in [4.78, 5) is 22.1. The van der Waals surface area contributed by atoms with Gasteiger partial charge in [0.25, 0.3) is 5.69 Å². The lowest BCUT2D eigenvalue weighted by atomic mass is 10.2. The van der Waals surface area contributed by atoms with E-state index in [1.165, 1.54) is 18.2 Å². The Labute approximate surface area is 119 Å². The third kappa shape index (κ3) is 3.33. The number of ether oxygens (including phenoxy) is 1. The molecule has 0 spiro atoms. The van der Waals surface area contributed by atoms with Gasteiger partial charge in [-0.1, -0.05) is 35.9 Å². The van der Waals surface area contributed by atoms with Crippen LogP contribution in [-0.4, -0.2) is 10.9 Å². The first-order valence-corrected chi connectivity index (χ1v) is 6.10. The number of para-hydroxylation sites is 1. The Morgan fingerprint density at radius 3 is 2.65 bits per heavy atom. The van der Waals surface area contributed by atoms with Crippen molar-refractivity contribution in [1.82, 2.24) is 0 Å². The second kappa shape index (κ2) is 6.16. The third-order valence-corrected chi connectivity index (χ3v) is 2.81. The minimum atomic E-state index is -0.739. The van der Waals surface area contributed by atoms with Gasteiger partial charge in [0, 0.05) is 11.1 Å². The largest absolute Gasteiger partial charge is 0.457 e. The topological polar surface area (TPSA) is 69.4 Å². The van der Waals surface area contributed by atoms with Crippen LogP contribution in [0.2, 0.25) is 5.02 Å². The Morgan fingerprint density at radius 2 is 1.95 bits per heavy atom. The molecule has 0 heterocycles. The Hall–Kier alpha value is -2.40. The van der Waals surface area contributed by atoms with Gasteiger partial charge in [0.05, 0.1) is 4.92 Å². The van der Waals surface area contributed by atoms with Gasteiger partial charge in [0.1, 0.15) is 12.2 Å². The Bertz CT molecular complexity index is 657. The van der Waals surface area contributed by atoms with Crippen LogP contribution < -0.4 is 0 Å². The normalized spacial score (nSPS) is 10.1. The maximum atomic E-state index is 11.9. The molecule has 0 aliphatic heterocycles. The predicted octanol–water partition coefficient (Wildman–Crippen LogP) is 3.61. The fraction of sp³-hybridized carbons (Fsp3) is 0.0714. The van der Waals surface area contributed by atoms with Crippen LogP contribution in [0.15, 0.2) is 48.5 Å². The van der Waals surface area contributed by atoms with Crippen LogP contribution in [0, 0.1) is 10.1 Å². The molecule has 0 saturated carbocycles. The number of carbonyl (C=O) groups is 1. The number of rotatable bonds is 4. The minimum Gasteiger partial charge on any atom is -0.457 e. The molecule has 0 aliphatic rings. The number of nitrogens with zero attached hydrogens (tertiary/aromatic N) is 1.